The van der Waals surface area contributed by atoms with Crippen LogP contribution in [0.15, 0.2) is 42.5 Å². The van der Waals surface area contributed by atoms with Gasteiger partial charge in [0.1, 0.15) is 0 Å². The zero-order chi connectivity index (χ0) is 18.1. The van der Waals surface area contributed by atoms with Crippen molar-refractivity contribution in [2.24, 2.45) is 23.5 Å². The second-order valence-corrected chi connectivity index (χ2v) is 8.34. The van der Waals surface area contributed by atoms with Gasteiger partial charge in [0.05, 0.1) is 0 Å². The van der Waals surface area contributed by atoms with Crippen molar-refractivity contribution in [2.75, 3.05) is 13.6 Å². The lowest BCUT2D eigenvalue weighted by atomic mass is 9.65. The van der Waals surface area contributed by atoms with Crippen LogP contribution < -0.4 is 5.73 Å². The molecule has 0 aliphatic heterocycles. The monoisotopic (exact) mass is 386 g/mol. The van der Waals surface area contributed by atoms with Gasteiger partial charge in [-0.15, -0.1) is 12.4 Å². The summed E-state index contributed by atoms with van der Waals surface area (Å²) in [6.07, 6.45) is 6.61. The van der Waals surface area contributed by atoms with Gasteiger partial charge in [-0.1, -0.05) is 48.9 Å². The molecule has 3 nitrogen and oxygen atoms in total. The third kappa shape index (κ3) is 4.14. The summed E-state index contributed by atoms with van der Waals surface area (Å²) < 4.78 is 0. The molecular formula is C23H31ClN2O. The molecule has 1 amide bonds. The van der Waals surface area contributed by atoms with Crippen LogP contribution in [-0.4, -0.2) is 30.4 Å². The first-order chi connectivity index (χ1) is 12.6. The average Bonchev–Trinajstić information content (AvgIpc) is 2.65. The third-order valence-corrected chi connectivity index (χ3v) is 6.73. The molecule has 2 aromatic rings. The van der Waals surface area contributed by atoms with E-state index in [4.69, 9.17) is 5.73 Å². The summed E-state index contributed by atoms with van der Waals surface area (Å²) in [6.45, 7) is 0.782. The molecule has 2 atom stereocenters. The number of carbonyl (C=O) groups is 1. The van der Waals surface area contributed by atoms with Gasteiger partial charge in [-0.2, -0.15) is 0 Å². The van der Waals surface area contributed by atoms with Gasteiger partial charge < -0.3 is 10.6 Å². The standard InChI is InChI=1S/C23H30N2O.ClH/c1-25(13-12-17-8-4-7-16-6-2-3-11-21(16)17)23(26)20-14-18-9-5-10-19(15-20)22(18)24;/h2-4,6-8,11,18-20,22H,5,9-10,12-15,24H2,1H3;1H. The lowest BCUT2D eigenvalue weighted by Gasteiger charge is -2.44. The molecule has 2 aliphatic carbocycles. The number of halogens is 1. The van der Waals surface area contributed by atoms with E-state index in [1.54, 1.807) is 0 Å². The van der Waals surface area contributed by atoms with Crippen molar-refractivity contribution in [3.8, 4) is 0 Å². The Kier molecular flexibility index (Phi) is 6.44. The highest BCUT2D eigenvalue weighted by atomic mass is 35.5. The molecule has 27 heavy (non-hydrogen) atoms. The Bertz CT molecular complexity index is 774. The summed E-state index contributed by atoms with van der Waals surface area (Å²) in [4.78, 5) is 15.0. The number of carbonyl (C=O) groups excluding carboxylic acids is 1. The van der Waals surface area contributed by atoms with Crippen molar-refractivity contribution in [3.63, 3.8) is 0 Å². The Hall–Kier alpha value is -1.58. The first-order valence-corrected chi connectivity index (χ1v) is 10.1. The first kappa shape index (κ1) is 20.2. The number of nitrogens with zero attached hydrogens (tertiary/aromatic N) is 1. The van der Waals surface area contributed by atoms with Crippen molar-refractivity contribution in [2.45, 2.75) is 44.6 Å². The maximum absolute atomic E-state index is 13.0. The second-order valence-electron chi connectivity index (χ2n) is 8.34. The van der Waals surface area contributed by atoms with E-state index in [0.29, 0.717) is 23.8 Å². The molecule has 4 rings (SSSR count). The quantitative estimate of drug-likeness (QED) is 0.845. The second kappa shape index (κ2) is 8.62. The number of hydrogen-bond acceptors (Lipinski definition) is 2. The molecule has 2 aliphatic rings. The summed E-state index contributed by atoms with van der Waals surface area (Å²) in [7, 11) is 1.97. The van der Waals surface area contributed by atoms with Gasteiger partial charge in [0, 0.05) is 25.6 Å². The molecule has 2 aromatic carbocycles. The predicted molar refractivity (Wildman–Crippen MR) is 114 cm³/mol. The number of likely N-dealkylation sites (N-methyl/N-ethyl adjacent to an activating group) is 1. The lowest BCUT2D eigenvalue weighted by Crippen LogP contribution is -2.49. The molecule has 2 bridgehead atoms. The first-order valence-electron chi connectivity index (χ1n) is 10.1. The molecule has 0 saturated heterocycles. The molecular weight excluding hydrogens is 356 g/mol. The minimum atomic E-state index is 0. The predicted octanol–water partition coefficient (Wildman–Crippen LogP) is 4.42. The van der Waals surface area contributed by atoms with Crippen LogP contribution in [-0.2, 0) is 11.2 Å². The van der Waals surface area contributed by atoms with Gasteiger partial charge in [0.15, 0.2) is 0 Å². The van der Waals surface area contributed by atoms with Crippen LogP contribution in [0.3, 0.4) is 0 Å². The molecule has 2 saturated carbocycles. The van der Waals surface area contributed by atoms with Crippen LogP contribution in [0, 0.1) is 17.8 Å². The molecule has 4 heteroatoms. The van der Waals surface area contributed by atoms with Crippen LogP contribution in [0.1, 0.15) is 37.7 Å². The largest absolute Gasteiger partial charge is 0.345 e. The molecule has 2 unspecified atom stereocenters. The van der Waals surface area contributed by atoms with Gasteiger partial charge >= 0.3 is 0 Å². The number of benzene rings is 2. The van der Waals surface area contributed by atoms with Crippen molar-refractivity contribution in [1.82, 2.24) is 4.90 Å². The highest BCUT2D eigenvalue weighted by Crippen LogP contribution is 2.42. The fourth-order valence-corrected chi connectivity index (χ4v) is 5.21. The lowest BCUT2D eigenvalue weighted by molar-refractivity contribution is -0.137. The van der Waals surface area contributed by atoms with E-state index in [9.17, 15) is 4.79 Å². The van der Waals surface area contributed by atoms with Crippen molar-refractivity contribution < 1.29 is 4.79 Å². The van der Waals surface area contributed by atoms with Crippen molar-refractivity contribution >= 4 is 29.1 Å². The molecule has 2 fully saturated rings. The maximum atomic E-state index is 13.0. The number of hydrogen-bond donors (Lipinski definition) is 1. The van der Waals surface area contributed by atoms with Crippen LogP contribution in [0.25, 0.3) is 10.8 Å². The van der Waals surface area contributed by atoms with E-state index in [-0.39, 0.29) is 18.3 Å². The minimum absolute atomic E-state index is 0. The van der Waals surface area contributed by atoms with Gasteiger partial charge in [0.25, 0.3) is 0 Å². The Morgan fingerprint density at radius 3 is 2.48 bits per heavy atom. The van der Waals surface area contributed by atoms with Gasteiger partial charge in [-0.3, -0.25) is 4.79 Å². The van der Waals surface area contributed by atoms with Gasteiger partial charge in [0.2, 0.25) is 5.91 Å². The van der Waals surface area contributed by atoms with Crippen molar-refractivity contribution in [3.05, 3.63) is 48.0 Å². The summed E-state index contributed by atoms with van der Waals surface area (Å²) in [5.41, 5.74) is 7.71. The zero-order valence-electron chi connectivity index (χ0n) is 16.1. The van der Waals surface area contributed by atoms with E-state index in [2.05, 4.69) is 42.5 Å². The van der Waals surface area contributed by atoms with Crippen LogP contribution in [0.2, 0.25) is 0 Å². The fourth-order valence-electron chi connectivity index (χ4n) is 5.21. The Balaban J connectivity index is 0.00000210. The highest BCUT2D eigenvalue weighted by Gasteiger charge is 2.41. The molecule has 0 radical (unpaired) electrons. The van der Waals surface area contributed by atoms with Gasteiger partial charge in [-0.25, -0.2) is 0 Å². The Morgan fingerprint density at radius 1 is 1.07 bits per heavy atom. The Morgan fingerprint density at radius 2 is 1.74 bits per heavy atom. The van der Waals surface area contributed by atoms with E-state index in [0.717, 1.165) is 25.8 Å². The molecule has 146 valence electrons. The third-order valence-electron chi connectivity index (χ3n) is 6.73. The molecule has 0 aromatic heterocycles. The van der Waals surface area contributed by atoms with Crippen LogP contribution in [0.5, 0.6) is 0 Å². The number of amides is 1. The van der Waals surface area contributed by atoms with E-state index >= 15 is 0 Å². The number of fused-ring (bicyclic) bond motifs is 3. The summed E-state index contributed by atoms with van der Waals surface area (Å²) in [5.74, 6) is 1.63. The fraction of sp³-hybridized carbons (Fsp3) is 0.522. The molecule has 0 spiro atoms. The average molecular weight is 387 g/mol. The summed E-state index contributed by atoms with van der Waals surface area (Å²) in [5, 5.41) is 2.57. The van der Waals surface area contributed by atoms with E-state index in [1.165, 1.54) is 35.6 Å². The minimum Gasteiger partial charge on any atom is -0.345 e. The number of rotatable bonds is 4. The molecule has 0 heterocycles. The van der Waals surface area contributed by atoms with Crippen LogP contribution >= 0.6 is 12.4 Å². The smallest absolute Gasteiger partial charge is 0.225 e. The van der Waals surface area contributed by atoms with E-state index in [1.807, 2.05) is 11.9 Å². The van der Waals surface area contributed by atoms with Crippen LogP contribution in [0.4, 0.5) is 0 Å². The Labute approximate surface area is 168 Å². The normalized spacial score (nSPS) is 27.0. The molecule has 2 N–H and O–H groups in total. The number of nitrogens with two attached hydrogens (primary N) is 1. The summed E-state index contributed by atoms with van der Waals surface area (Å²) >= 11 is 0. The SMILES string of the molecule is CN(CCc1cccc2ccccc12)C(=O)C1CC2CCCC(C1)C2N.Cl. The topological polar surface area (TPSA) is 46.3 Å². The zero-order valence-corrected chi connectivity index (χ0v) is 17.0. The highest BCUT2D eigenvalue weighted by molar-refractivity contribution is 5.86. The maximum Gasteiger partial charge on any atom is 0.225 e. The van der Waals surface area contributed by atoms with Crippen molar-refractivity contribution in [1.29, 1.82) is 0 Å². The van der Waals surface area contributed by atoms with Gasteiger partial charge in [-0.05, 0) is 60.3 Å². The summed E-state index contributed by atoms with van der Waals surface area (Å²) in [6, 6.07) is 15.3. The van der Waals surface area contributed by atoms with E-state index < -0.39 is 0 Å².